The van der Waals surface area contributed by atoms with Crippen molar-refractivity contribution < 1.29 is 0 Å². The average molecular weight is 205 g/mol. The van der Waals surface area contributed by atoms with E-state index >= 15 is 0 Å². The van der Waals surface area contributed by atoms with Gasteiger partial charge in [-0.15, -0.1) is 0 Å². The molecule has 1 aromatic rings. The lowest BCUT2D eigenvalue weighted by atomic mass is 10.0. The first-order valence-electron chi connectivity index (χ1n) is 6.21. The molecule has 0 radical (unpaired) electrons. The van der Waals surface area contributed by atoms with Gasteiger partial charge in [0.05, 0.1) is 12.2 Å². The minimum absolute atomic E-state index is 0.761. The van der Waals surface area contributed by atoms with Gasteiger partial charge in [-0.05, 0) is 18.9 Å². The van der Waals surface area contributed by atoms with E-state index in [-0.39, 0.29) is 0 Å². The van der Waals surface area contributed by atoms with Crippen molar-refractivity contribution in [3.8, 4) is 0 Å². The predicted molar refractivity (Wildman–Crippen MR) is 60.0 cm³/mol. The summed E-state index contributed by atoms with van der Waals surface area (Å²) in [4.78, 5) is 0. The zero-order chi connectivity index (χ0) is 10.1. The molecule has 0 aromatic carbocycles. The molecule has 0 bridgehead atoms. The van der Waals surface area contributed by atoms with Crippen molar-refractivity contribution in [2.45, 2.75) is 44.6 Å². The van der Waals surface area contributed by atoms with Gasteiger partial charge in [0.15, 0.2) is 0 Å². The standard InChI is InChI=1S/C12H19N3/c1-2-4-10(3-1)12-9-11-5-6-13-7-8-15(11)14-12/h9-10,13H,1-8H2. The van der Waals surface area contributed by atoms with Crippen LogP contribution in [-0.2, 0) is 13.0 Å². The van der Waals surface area contributed by atoms with Crippen LogP contribution >= 0.6 is 0 Å². The number of rotatable bonds is 1. The Bertz CT molecular complexity index is 313. The van der Waals surface area contributed by atoms with Crippen LogP contribution in [0.2, 0.25) is 0 Å². The molecule has 1 saturated carbocycles. The first-order chi connectivity index (χ1) is 7.43. The summed E-state index contributed by atoms with van der Waals surface area (Å²) in [6.45, 7) is 3.22. The summed E-state index contributed by atoms with van der Waals surface area (Å²) in [7, 11) is 0. The van der Waals surface area contributed by atoms with Crippen LogP contribution in [0.3, 0.4) is 0 Å². The monoisotopic (exact) mass is 205 g/mol. The Morgan fingerprint density at radius 3 is 3.00 bits per heavy atom. The summed E-state index contributed by atoms with van der Waals surface area (Å²) in [6.07, 6.45) is 6.64. The van der Waals surface area contributed by atoms with E-state index in [9.17, 15) is 0 Å². The maximum Gasteiger partial charge on any atom is 0.0658 e. The maximum atomic E-state index is 4.77. The van der Waals surface area contributed by atoms with Crippen LogP contribution in [0.1, 0.15) is 43.0 Å². The van der Waals surface area contributed by atoms with Crippen molar-refractivity contribution in [2.75, 3.05) is 13.1 Å². The number of fused-ring (bicyclic) bond motifs is 1. The van der Waals surface area contributed by atoms with Crippen LogP contribution in [0.4, 0.5) is 0 Å². The fourth-order valence-corrected chi connectivity index (χ4v) is 2.82. The highest BCUT2D eigenvalue weighted by Gasteiger charge is 2.21. The molecule has 0 atom stereocenters. The second-order valence-corrected chi connectivity index (χ2v) is 4.77. The number of hydrogen-bond acceptors (Lipinski definition) is 2. The molecule has 1 aliphatic heterocycles. The van der Waals surface area contributed by atoms with E-state index in [0.717, 1.165) is 32.0 Å². The number of nitrogens with one attached hydrogen (secondary N) is 1. The Morgan fingerprint density at radius 2 is 2.13 bits per heavy atom. The van der Waals surface area contributed by atoms with Gasteiger partial charge in [0.2, 0.25) is 0 Å². The number of aromatic nitrogens is 2. The molecule has 3 rings (SSSR count). The minimum Gasteiger partial charge on any atom is -0.315 e. The molecular weight excluding hydrogens is 186 g/mol. The zero-order valence-corrected chi connectivity index (χ0v) is 9.21. The number of nitrogens with zero attached hydrogens (tertiary/aromatic N) is 2. The van der Waals surface area contributed by atoms with Gasteiger partial charge in [0, 0.05) is 31.1 Å². The van der Waals surface area contributed by atoms with Crippen LogP contribution in [0, 0.1) is 0 Å². The Labute approximate surface area is 90.9 Å². The molecule has 3 heteroatoms. The quantitative estimate of drug-likeness (QED) is 0.756. The largest absolute Gasteiger partial charge is 0.315 e. The van der Waals surface area contributed by atoms with Gasteiger partial charge in [-0.2, -0.15) is 5.10 Å². The molecule has 82 valence electrons. The van der Waals surface area contributed by atoms with E-state index in [4.69, 9.17) is 5.10 Å². The predicted octanol–water partition coefficient (Wildman–Crippen LogP) is 1.69. The summed E-state index contributed by atoms with van der Waals surface area (Å²) in [5.41, 5.74) is 2.80. The summed E-state index contributed by atoms with van der Waals surface area (Å²) in [6, 6.07) is 2.35. The van der Waals surface area contributed by atoms with Gasteiger partial charge in [0.25, 0.3) is 0 Å². The van der Waals surface area contributed by atoms with Crippen molar-refractivity contribution in [3.05, 3.63) is 17.5 Å². The van der Waals surface area contributed by atoms with Gasteiger partial charge in [-0.25, -0.2) is 0 Å². The Balaban J connectivity index is 1.84. The van der Waals surface area contributed by atoms with Crippen LogP contribution in [-0.4, -0.2) is 22.9 Å². The molecule has 1 aliphatic carbocycles. The van der Waals surface area contributed by atoms with Crippen molar-refractivity contribution >= 4 is 0 Å². The smallest absolute Gasteiger partial charge is 0.0658 e. The fourth-order valence-electron chi connectivity index (χ4n) is 2.82. The van der Waals surface area contributed by atoms with Gasteiger partial charge in [0.1, 0.15) is 0 Å². The van der Waals surface area contributed by atoms with Gasteiger partial charge < -0.3 is 5.32 Å². The molecule has 0 spiro atoms. The molecule has 0 saturated heterocycles. The molecule has 2 aliphatic rings. The van der Waals surface area contributed by atoms with Crippen LogP contribution in [0.25, 0.3) is 0 Å². The second-order valence-electron chi connectivity index (χ2n) is 4.77. The molecule has 15 heavy (non-hydrogen) atoms. The minimum atomic E-state index is 0.761. The molecule has 1 aromatic heterocycles. The lowest BCUT2D eigenvalue weighted by Gasteiger charge is -2.04. The normalized spacial score (nSPS) is 22.7. The van der Waals surface area contributed by atoms with Gasteiger partial charge in [-0.3, -0.25) is 4.68 Å². The topological polar surface area (TPSA) is 29.9 Å². The van der Waals surface area contributed by atoms with E-state index in [0.29, 0.717) is 0 Å². The van der Waals surface area contributed by atoms with E-state index in [1.807, 2.05) is 0 Å². The third-order valence-electron chi connectivity index (χ3n) is 3.71. The van der Waals surface area contributed by atoms with E-state index in [1.54, 1.807) is 0 Å². The van der Waals surface area contributed by atoms with Crippen molar-refractivity contribution in [1.82, 2.24) is 15.1 Å². The van der Waals surface area contributed by atoms with E-state index < -0.39 is 0 Å². The third kappa shape index (κ3) is 1.81. The van der Waals surface area contributed by atoms with Gasteiger partial charge in [-0.1, -0.05) is 12.8 Å². The number of hydrogen-bond donors (Lipinski definition) is 1. The molecule has 2 heterocycles. The van der Waals surface area contributed by atoms with Gasteiger partial charge >= 0.3 is 0 Å². The molecule has 1 fully saturated rings. The Kier molecular flexibility index (Phi) is 2.49. The first-order valence-corrected chi connectivity index (χ1v) is 6.21. The first kappa shape index (κ1) is 9.40. The van der Waals surface area contributed by atoms with Crippen molar-refractivity contribution in [2.24, 2.45) is 0 Å². The lowest BCUT2D eigenvalue weighted by molar-refractivity contribution is 0.568. The second kappa shape index (κ2) is 3.97. The summed E-state index contributed by atoms with van der Waals surface area (Å²) in [5, 5.41) is 8.18. The zero-order valence-electron chi connectivity index (χ0n) is 9.21. The van der Waals surface area contributed by atoms with Crippen molar-refractivity contribution in [1.29, 1.82) is 0 Å². The van der Waals surface area contributed by atoms with E-state index in [1.165, 1.54) is 37.1 Å². The SMILES string of the molecule is c1c(C2CCCC2)nn2c1CCNCC2. The molecule has 0 amide bonds. The Morgan fingerprint density at radius 1 is 1.27 bits per heavy atom. The third-order valence-corrected chi connectivity index (χ3v) is 3.71. The molecule has 3 nitrogen and oxygen atoms in total. The van der Waals surface area contributed by atoms with Crippen molar-refractivity contribution in [3.63, 3.8) is 0 Å². The highest BCUT2D eigenvalue weighted by atomic mass is 15.3. The maximum absolute atomic E-state index is 4.77. The lowest BCUT2D eigenvalue weighted by Crippen LogP contribution is -2.18. The van der Waals surface area contributed by atoms with Crippen LogP contribution in [0.5, 0.6) is 0 Å². The Hall–Kier alpha value is -0.830. The van der Waals surface area contributed by atoms with Crippen LogP contribution < -0.4 is 5.32 Å². The molecular formula is C12H19N3. The molecule has 1 N–H and O–H groups in total. The van der Waals surface area contributed by atoms with E-state index in [2.05, 4.69) is 16.1 Å². The average Bonchev–Trinajstić information content (AvgIpc) is 2.84. The van der Waals surface area contributed by atoms with Crippen LogP contribution in [0.15, 0.2) is 6.07 Å². The highest BCUT2D eigenvalue weighted by molar-refractivity contribution is 5.16. The fraction of sp³-hybridized carbons (Fsp3) is 0.750. The highest BCUT2D eigenvalue weighted by Crippen LogP contribution is 2.33. The molecule has 0 unspecified atom stereocenters. The summed E-state index contributed by atoms with van der Waals surface area (Å²) < 4.78 is 2.22. The summed E-state index contributed by atoms with van der Waals surface area (Å²) in [5.74, 6) is 0.761. The summed E-state index contributed by atoms with van der Waals surface area (Å²) >= 11 is 0.